The van der Waals surface area contributed by atoms with Gasteiger partial charge in [0.05, 0.1) is 20.9 Å². The average molecular weight is 283 g/mol. The van der Waals surface area contributed by atoms with Crippen molar-refractivity contribution in [2.75, 3.05) is 6.54 Å². The number of hydrogen-bond acceptors (Lipinski definition) is 4. The maximum atomic E-state index is 4.65. The molecule has 0 aliphatic rings. The summed E-state index contributed by atoms with van der Waals surface area (Å²) in [4.78, 5) is 8.94. The molecule has 0 fully saturated rings. The highest BCUT2D eigenvalue weighted by atomic mass is 32.1. The number of aromatic nitrogens is 2. The van der Waals surface area contributed by atoms with E-state index in [4.69, 9.17) is 0 Å². The van der Waals surface area contributed by atoms with Gasteiger partial charge in [-0.25, -0.2) is 4.98 Å². The summed E-state index contributed by atoms with van der Waals surface area (Å²) < 4.78 is 1.28. The second kappa shape index (κ2) is 6.59. The van der Waals surface area contributed by atoms with Crippen molar-refractivity contribution in [1.82, 2.24) is 15.3 Å². The highest BCUT2D eigenvalue weighted by molar-refractivity contribution is 7.18. The summed E-state index contributed by atoms with van der Waals surface area (Å²) >= 11 is 1.80. The number of nitrogens with zero attached hydrogens (tertiary/aromatic N) is 2. The maximum absolute atomic E-state index is 4.65. The van der Waals surface area contributed by atoms with Crippen molar-refractivity contribution in [2.45, 2.75) is 19.4 Å². The predicted molar refractivity (Wildman–Crippen MR) is 83.9 cm³/mol. The van der Waals surface area contributed by atoms with Crippen LogP contribution in [0, 0.1) is 0 Å². The van der Waals surface area contributed by atoms with Gasteiger partial charge in [0.25, 0.3) is 0 Å². The number of hydrogen-bond donors (Lipinski definition) is 1. The first-order valence-corrected chi connectivity index (χ1v) is 7.68. The van der Waals surface area contributed by atoms with Gasteiger partial charge in [-0.2, -0.15) is 0 Å². The Hall–Kier alpha value is -1.78. The molecule has 2 heterocycles. The lowest BCUT2D eigenvalue weighted by molar-refractivity contribution is 0.640. The van der Waals surface area contributed by atoms with Crippen LogP contribution in [0.25, 0.3) is 10.2 Å². The molecule has 0 bridgehead atoms. The third-order valence-electron chi connectivity index (χ3n) is 3.11. The number of nitrogens with one attached hydrogen (secondary N) is 1. The predicted octanol–water partition coefficient (Wildman–Crippen LogP) is 3.41. The Labute approximate surface area is 122 Å². The highest BCUT2D eigenvalue weighted by Gasteiger charge is 2.02. The van der Waals surface area contributed by atoms with Crippen LogP contribution in [0.3, 0.4) is 0 Å². The van der Waals surface area contributed by atoms with E-state index in [9.17, 15) is 0 Å². The fraction of sp³-hybridized carbons (Fsp3) is 0.250. The summed E-state index contributed by atoms with van der Waals surface area (Å²) in [5, 5.41) is 4.65. The summed E-state index contributed by atoms with van der Waals surface area (Å²) in [6.07, 6.45) is 3.97. The Kier molecular flexibility index (Phi) is 4.35. The van der Waals surface area contributed by atoms with Crippen LogP contribution >= 0.6 is 11.3 Å². The molecule has 20 heavy (non-hydrogen) atoms. The second-order valence-corrected chi connectivity index (χ2v) is 5.79. The van der Waals surface area contributed by atoms with Crippen molar-refractivity contribution in [2.24, 2.45) is 0 Å². The van der Waals surface area contributed by atoms with Crippen molar-refractivity contribution in [3.63, 3.8) is 0 Å². The zero-order valence-electron chi connectivity index (χ0n) is 11.2. The first-order valence-electron chi connectivity index (χ1n) is 6.87. The van der Waals surface area contributed by atoms with E-state index >= 15 is 0 Å². The Morgan fingerprint density at radius 2 is 1.95 bits per heavy atom. The monoisotopic (exact) mass is 283 g/mol. The molecule has 0 saturated carbocycles. The summed E-state index contributed by atoms with van der Waals surface area (Å²) in [7, 11) is 0. The molecule has 0 aliphatic heterocycles. The molecule has 0 saturated heterocycles. The fourth-order valence-corrected chi connectivity index (χ4v) is 3.12. The van der Waals surface area contributed by atoms with Crippen molar-refractivity contribution < 1.29 is 0 Å². The number of aryl methyl sites for hydroxylation is 1. The van der Waals surface area contributed by atoms with Crippen LogP contribution in [0.4, 0.5) is 0 Å². The summed E-state index contributed by atoms with van der Waals surface area (Å²) in [6.45, 7) is 1.83. The van der Waals surface area contributed by atoms with E-state index in [1.807, 2.05) is 30.5 Å². The van der Waals surface area contributed by atoms with Gasteiger partial charge < -0.3 is 5.32 Å². The van der Waals surface area contributed by atoms with Gasteiger partial charge in [-0.3, -0.25) is 4.98 Å². The standard InChI is InChI=1S/C16H17N3S/c1-2-8-15-14(7-1)19-16(20-15)9-5-10-17-12-13-6-3-4-11-18-13/h1-4,6-8,11,17H,5,9-10,12H2. The molecule has 4 heteroatoms. The molecule has 0 radical (unpaired) electrons. The lowest BCUT2D eigenvalue weighted by Gasteiger charge is -2.02. The number of fused-ring (bicyclic) bond motifs is 1. The van der Waals surface area contributed by atoms with Crippen LogP contribution in [0.15, 0.2) is 48.7 Å². The minimum atomic E-state index is 0.834. The Morgan fingerprint density at radius 3 is 2.80 bits per heavy atom. The van der Waals surface area contributed by atoms with Gasteiger partial charge in [0.2, 0.25) is 0 Å². The number of benzene rings is 1. The van der Waals surface area contributed by atoms with E-state index in [1.165, 1.54) is 9.71 Å². The first-order chi connectivity index (χ1) is 9.92. The number of pyridine rings is 1. The molecular formula is C16H17N3S. The van der Waals surface area contributed by atoms with E-state index in [0.717, 1.165) is 37.1 Å². The molecule has 0 unspecified atom stereocenters. The summed E-state index contributed by atoms with van der Waals surface area (Å²) in [5.74, 6) is 0. The molecular weight excluding hydrogens is 266 g/mol. The van der Waals surface area contributed by atoms with Gasteiger partial charge in [-0.1, -0.05) is 18.2 Å². The van der Waals surface area contributed by atoms with Crippen LogP contribution in [0.2, 0.25) is 0 Å². The Bertz CT molecular complexity index is 631. The van der Waals surface area contributed by atoms with E-state index < -0.39 is 0 Å². The molecule has 3 aromatic rings. The maximum Gasteiger partial charge on any atom is 0.0939 e. The number of para-hydroxylation sites is 1. The third kappa shape index (κ3) is 3.40. The molecule has 0 spiro atoms. The van der Waals surface area contributed by atoms with E-state index in [2.05, 4.69) is 33.5 Å². The largest absolute Gasteiger partial charge is 0.311 e. The summed E-state index contributed by atoms with van der Waals surface area (Å²) in [5.41, 5.74) is 2.21. The van der Waals surface area contributed by atoms with Crippen molar-refractivity contribution >= 4 is 21.6 Å². The fourth-order valence-electron chi connectivity index (χ4n) is 2.11. The van der Waals surface area contributed by atoms with Gasteiger partial charge in [-0.05, 0) is 37.2 Å². The van der Waals surface area contributed by atoms with Crippen LogP contribution < -0.4 is 5.32 Å². The molecule has 0 aliphatic carbocycles. The Balaban J connectivity index is 1.43. The van der Waals surface area contributed by atoms with Gasteiger partial charge in [-0.15, -0.1) is 11.3 Å². The molecule has 2 aromatic heterocycles. The van der Waals surface area contributed by atoms with Crippen LogP contribution in [-0.2, 0) is 13.0 Å². The zero-order chi connectivity index (χ0) is 13.6. The molecule has 102 valence electrons. The Morgan fingerprint density at radius 1 is 1.05 bits per heavy atom. The molecule has 0 atom stereocenters. The van der Waals surface area contributed by atoms with Crippen LogP contribution in [-0.4, -0.2) is 16.5 Å². The normalized spacial score (nSPS) is 11.0. The van der Waals surface area contributed by atoms with Crippen LogP contribution in [0.1, 0.15) is 17.1 Å². The van der Waals surface area contributed by atoms with Crippen molar-refractivity contribution in [3.05, 3.63) is 59.4 Å². The minimum absolute atomic E-state index is 0.834. The number of thiazole rings is 1. The van der Waals surface area contributed by atoms with E-state index in [1.54, 1.807) is 11.3 Å². The van der Waals surface area contributed by atoms with Gasteiger partial charge in [0.1, 0.15) is 0 Å². The lowest BCUT2D eigenvalue weighted by atomic mass is 10.3. The molecule has 3 rings (SSSR count). The van der Waals surface area contributed by atoms with Crippen molar-refractivity contribution in [1.29, 1.82) is 0 Å². The van der Waals surface area contributed by atoms with Gasteiger partial charge in [0, 0.05) is 19.2 Å². The quantitative estimate of drug-likeness (QED) is 0.704. The van der Waals surface area contributed by atoms with E-state index in [-0.39, 0.29) is 0 Å². The van der Waals surface area contributed by atoms with E-state index in [0.29, 0.717) is 0 Å². The molecule has 1 N–H and O–H groups in total. The molecule has 3 nitrogen and oxygen atoms in total. The van der Waals surface area contributed by atoms with Crippen molar-refractivity contribution in [3.8, 4) is 0 Å². The minimum Gasteiger partial charge on any atom is -0.311 e. The smallest absolute Gasteiger partial charge is 0.0939 e. The molecule has 0 amide bonds. The third-order valence-corrected chi connectivity index (χ3v) is 4.21. The van der Waals surface area contributed by atoms with Gasteiger partial charge in [0.15, 0.2) is 0 Å². The second-order valence-electron chi connectivity index (χ2n) is 4.68. The topological polar surface area (TPSA) is 37.8 Å². The zero-order valence-corrected chi connectivity index (χ0v) is 12.1. The average Bonchev–Trinajstić information content (AvgIpc) is 2.90. The number of rotatable bonds is 6. The SMILES string of the molecule is c1ccc(CNCCCc2nc3ccccc3s2)nc1. The summed E-state index contributed by atoms with van der Waals surface area (Å²) in [6, 6.07) is 14.3. The molecule has 1 aromatic carbocycles. The first kappa shape index (κ1) is 13.2. The van der Waals surface area contributed by atoms with Gasteiger partial charge >= 0.3 is 0 Å². The highest BCUT2D eigenvalue weighted by Crippen LogP contribution is 2.22. The van der Waals surface area contributed by atoms with Crippen LogP contribution in [0.5, 0.6) is 0 Å². The lowest BCUT2D eigenvalue weighted by Crippen LogP contribution is -2.15.